The predicted molar refractivity (Wildman–Crippen MR) is 78.9 cm³/mol. The molecule has 130 valence electrons. The zero-order valence-corrected chi connectivity index (χ0v) is 12.7. The highest BCUT2D eigenvalue weighted by Crippen LogP contribution is 2.33. The van der Waals surface area contributed by atoms with E-state index in [2.05, 4.69) is 10.5 Å². The van der Waals surface area contributed by atoms with Crippen molar-refractivity contribution < 1.29 is 31.1 Å². The summed E-state index contributed by atoms with van der Waals surface area (Å²) >= 11 is -2.36. The van der Waals surface area contributed by atoms with Crippen LogP contribution in [0.5, 0.6) is 0 Å². The van der Waals surface area contributed by atoms with Crippen LogP contribution in [0.25, 0.3) is 0 Å². The molecule has 0 spiro atoms. The Morgan fingerprint density at radius 1 is 1.12 bits per heavy atom. The van der Waals surface area contributed by atoms with Crippen LogP contribution in [-0.4, -0.2) is 14.7 Å². The van der Waals surface area contributed by atoms with E-state index in [0.29, 0.717) is 17.7 Å². The van der Waals surface area contributed by atoms with Gasteiger partial charge in [0.25, 0.3) is 5.91 Å². The SMILES string of the molecule is NS(=O)[O-].O=C(Nc1ccc(F)c(C(F)(F)F)c1)c1ccccc1. The summed E-state index contributed by atoms with van der Waals surface area (Å²) in [5, 5.41) is 6.32. The van der Waals surface area contributed by atoms with E-state index in [4.69, 9.17) is 8.76 Å². The number of amides is 1. The van der Waals surface area contributed by atoms with Gasteiger partial charge >= 0.3 is 6.18 Å². The van der Waals surface area contributed by atoms with Crippen LogP contribution in [0.4, 0.5) is 23.2 Å². The molecule has 0 aromatic heterocycles. The number of anilines is 1. The molecule has 10 heteroatoms. The van der Waals surface area contributed by atoms with Gasteiger partial charge in [-0.15, -0.1) is 0 Å². The summed E-state index contributed by atoms with van der Waals surface area (Å²) in [4.78, 5) is 11.8. The molecule has 0 saturated heterocycles. The van der Waals surface area contributed by atoms with Crippen molar-refractivity contribution in [2.75, 3.05) is 5.32 Å². The summed E-state index contributed by atoms with van der Waals surface area (Å²) in [6.07, 6.45) is -4.81. The molecule has 1 atom stereocenters. The molecule has 0 radical (unpaired) electrons. The number of hydrogen-bond acceptors (Lipinski definition) is 3. The van der Waals surface area contributed by atoms with E-state index in [0.717, 1.165) is 6.07 Å². The zero-order chi connectivity index (χ0) is 18.3. The Bertz CT molecular complexity index is 720. The minimum Gasteiger partial charge on any atom is -0.760 e. The number of carbonyl (C=O) groups excluding carboxylic acids is 1. The highest BCUT2D eigenvalue weighted by Gasteiger charge is 2.34. The smallest absolute Gasteiger partial charge is 0.419 e. The van der Waals surface area contributed by atoms with Crippen molar-refractivity contribution in [2.24, 2.45) is 5.14 Å². The molecule has 0 aliphatic rings. The minimum atomic E-state index is -4.81. The van der Waals surface area contributed by atoms with Crippen molar-refractivity contribution >= 4 is 22.9 Å². The average Bonchev–Trinajstić information content (AvgIpc) is 2.48. The van der Waals surface area contributed by atoms with Gasteiger partial charge in [0, 0.05) is 22.5 Å². The summed E-state index contributed by atoms with van der Waals surface area (Å²) in [6, 6.07) is 10.3. The lowest BCUT2D eigenvalue weighted by atomic mass is 10.1. The number of alkyl halides is 3. The molecule has 24 heavy (non-hydrogen) atoms. The molecule has 0 heterocycles. The van der Waals surface area contributed by atoms with E-state index in [9.17, 15) is 22.4 Å². The summed E-state index contributed by atoms with van der Waals surface area (Å²) < 4.78 is 68.3. The molecule has 0 bridgehead atoms. The van der Waals surface area contributed by atoms with Crippen LogP contribution in [0.3, 0.4) is 0 Å². The van der Waals surface area contributed by atoms with E-state index < -0.39 is 34.7 Å². The zero-order valence-electron chi connectivity index (χ0n) is 11.8. The number of nitrogens with one attached hydrogen (secondary N) is 1. The normalized spacial score (nSPS) is 11.9. The molecule has 0 saturated carbocycles. The lowest BCUT2D eigenvalue weighted by molar-refractivity contribution is -0.139. The first kappa shape index (κ1) is 19.7. The van der Waals surface area contributed by atoms with Crippen molar-refractivity contribution in [3.8, 4) is 0 Å². The van der Waals surface area contributed by atoms with Gasteiger partial charge in [-0.25, -0.2) is 4.39 Å². The van der Waals surface area contributed by atoms with Crippen molar-refractivity contribution in [1.82, 2.24) is 0 Å². The fourth-order valence-corrected chi connectivity index (χ4v) is 1.61. The Morgan fingerprint density at radius 2 is 1.67 bits per heavy atom. The Labute approximate surface area is 136 Å². The molecule has 2 aromatic rings. The van der Waals surface area contributed by atoms with Crippen molar-refractivity contribution in [3.05, 3.63) is 65.5 Å². The van der Waals surface area contributed by atoms with Crippen LogP contribution >= 0.6 is 0 Å². The molecule has 0 fully saturated rings. The van der Waals surface area contributed by atoms with E-state index >= 15 is 0 Å². The van der Waals surface area contributed by atoms with E-state index in [-0.39, 0.29) is 5.69 Å². The third-order valence-corrected chi connectivity index (χ3v) is 2.57. The standard InChI is InChI=1S/C14H9F4NO.H3NO2S/c15-12-7-6-10(8-11(12)14(16,17)18)19-13(20)9-4-2-1-3-5-9;1-4(2)3/h1-8H,(H,19,20);1H2,(H,2,3)/p-1. The molecule has 3 N–H and O–H groups in total. The lowest BCUT2D eigenvalue weighted by Crippen LogP contribution is -2.14. The Balaban J connectivity index is 0.000000648. The first-order valence-electron chi connectivity index (χ1n) is 6.18. The maximum absolute atomic E-state index is 13.1. The number of halogens is 4. The number of hydrogen-bond donors (Lipinski definition) is 2. The number of benzene rings is 2. The maximum Gasteiger partial charge on any atom is 0.419 e. The Hall–Kier alpha value is -2.30. The first-order chi connectivity index (χ1) is 11.1. The van der Waals surface area contributed by atoms with Gasteiger partial charge in [-0.1, -0.05) is 18.2 Å². The molecule has 2 rings (SSSR count). The van der Waals surface area contributed by atoms with E-state index in [1.165, 1.54) is 12.1 Å². The van der Waals surface area contributed by atoms with Gasteiger partial charge < -0.3 is 9.87 Å². The molecule has 1 unspecified atom stereocenters. The third kappa shape index (κ3) is 6.44. The van der Waals surface area contributed by atoms with Crippen LogP contribution in [0.2, 0.25) is 0 Å². The minimum absolute atomic E-state index is 0.118. The predicted octanol–water partition coefficient (Wildman–Crippen LogP) is 2.84. The van der Waals surface area contributed by atoms with Gasteiger partial charge in [0.2, 0.25) is 0 Å². The highest BCUT2D eigenvalue weighted by atomic mass is 32.2. The van der Waals surface area contributed by atoms with Crippen LogP contribution in [0.15, 0.2) is 48.5 Å². The summed E-state index contributed by atoms with van der Waals surface area (Å²) in [7, 11) is 0. The first-order valence-corrected chi connectivity index (χ1v) is 7.32. The van der Waals surface area contributed by atoms with Gasteiger partial charge in [-0.2, -0.15) is 13.2 Å². The van der Waals surface area contributed by atoms with Crippen LogP contribution in [0.1, 0.15) is 15.9 Å². The number of nitrogens with two attached hydrogens (primary N) is 1. The molecule has 0 aliphatic heterocycles. The molecular weight excluding hydrogens is 352 g/mol. The monoisotopic (exact) mass is 363 g/mol. The van der Waals surface area contributed by atoms with E-state index in [1.54, 1.807) is 18.2 Å². The van der Waals surface area contributed by atoms with Crippen LogP contribution < -0.4 is 10.5 Å². The molecule has 2 aromatic carbocycles. The largest absolute Gasteiger partial charge is 0.760 e. The second-order valence-corrected chi connectivity index (χ2v) is 4.79. The number of carbonyl (C=O) groups is 1. The summed E-state index contributed by atoms with van der Waals surface area (Å²) in [5.41, 5.74) is -1.23. The third-order valence-electron chi connectivity index (χ3n) is 2.57. The molecular formula is C14H11F4N2O3S-. The van der Waals surface area contributed by atoms with Crippen LogP contribution in [-0.2, 0) is 17.4 Å². The van der Waals surface area contributed by atoms with Crippen molar-refractivity contribution in [1.29, 1.82) is 0 Å². The van der Waals surface area contributed by atoms with E-state index in [1.807, 2.05) is 0 Å². The van der Waals surface area contributed by atoms with Gasteiger partial charge in [-0.3, -0.25) is 14.1 Å². The van der Waals surface area contributed by atoms with Gasteiger partial charge in [0.05, 0.1) is 5.56 Å². The molecule has 1 amide bonds. The van der Waals surface area contributed by atoms with Gasteiger partial charge in [0.15, 0.2) is 0 Å². The second-order valence-electron chi connectivity index (χ2n) is 4.27. The summed E-state index contributed by atoms with van der Waals surface area (Å²) in [6.45, 7) is 0. The second kappa shape index (κ2) is 8.52. The average molecular weight is 363 g/mol. The van der Waals surface area contributed by atoms with Crippen LogP contribution in [0, 0.1) is 5.82 Å². The fraction of sp³-hybridized carbons (Fsp3) is 0.0714. The van der Waals surface area contributed by atoms with Gasteiger partial charge in [-0.05, 0) is 30.3 Å². The quantitative estimate of drug-likeness (QED) is 0.634. The fourth-order valence-electron chi connectivity index (χ4n) is 1.61. The topological polar surface area (TPSA) is 95.2 Å². The van der Waals surface area contributed by atoms with Gasteiger partial charge in [0.1, 0.15) is 5.82 Å². The maximum atomic E-state index is 13.1. The Kier molecular flexibility index (Phi) is 7.01. The van der Waals surface area contributed by atoms with Crippen molar-refractivity contribution in [3.63, 3.8) is 0 Å². The molecule has 0 aliphatic carbocycles. The lowest BCUT2D eigenvalue weighted by Gasteiger charge is -2.11. The molecule has 5 nitrogen and oxygen atoms in total. The summed E-state index contributed by atoms with van der Waals surface area (Å²) in [5.74, 6) is -1.94. The van der Waals surface area contributed by atoms with Crippen molar-refractivity contribution in [2.45, 2.75) is 6.18 Å². The Morgan fingerprint density at radius 3 is 2.17 bits per heavy atom. The highest BCUT2D eigenvalue weighted by molar-refractivity contribution is 7.76. The number of rotatable bonds is 2.